The van der Waals surface area contributed by atoms with Crippen molar-refractivity contribution in [2.45, 2.75) is 17.3 Å². The van der Waals surface area contributed by atoms with Crippen LogP contribution >= 0.6 is 11.8 Å². The molecular weight excluding hydrogens is 524 g/mol. The number of carbonyl (C=O) groups excluding carboxylic acids is 2. The first-order valence-corrected chi connectivity index (χ1v) is 13.5. The number of ether oxygens (including phenoxy) is 1. The Morgan fingerprint density at radius 3 is 2.27 bits per heavy atom. The zero-order valence-electron chi connectivity index (χ0n) is 21.4. The highest BCUT2D eigenvalue weighted by molar-refractivity contribution is 7.98. The first-order valence-electron chi connectivity index (χ1n) is 12.5. The smallest absolute Gasteiger partial charge is 0.319 e. The topological polar surface area (TPSA) is 110 Å². The maximum Gasteiger partial charge on any atom is 0.319 e. The first kappa shape index (κ1) is 26.5. The molecule has 0 bridgehead atoms. The predicted molar refractivity (Wildman–Crippen MR) is 156 cm³/mol. The highest BCUT2D eigenvalue weighted by Gasteiger charge is 2.09. The maximum atomic E-state index is 12.7. The SMILES string of the molecule is O=C(NCc1cn(CSc2ccccc2)nn1)Nc1ccc(C(=O)Nc2cccc(Oc3ccccc3)c2)cc1. The molecule has 0 unspecified atom stereocenters. The summed E-state index contributed by atoms with van der Waals surface area (Å²) in [7, 11) is 0. The fraction of sp³-hybridized carbons (Fsp3) is 0.0667. The van der Waals surface area contributed by atoms with Crippen LogP contribution in [0.5, 0.6) is 11.5 Å². The molecule has 0 fully saturated rings. The van der Waals surface area contributed by atoms with Crippen LogP contribution in [0.3, 0.4) is 0 Å². The number of anilines is 2. The normalized spacial score (nSPS) is 10.5. The van der Waals surface area contributed by atoms with Gasteiger partial charge >= 0.3 is 6.03 Å². The van der Waals surface area contributed by atoms with Crippen molar-refractivity contribution in [2.24, 2.45) is 0 Å². The molecule has 3 N–H and O–H groups in total. The van der Waals surface area contributed by atoms with Crippen molar-refractivity contribution < 1.29 is 14.3 Å². The molecule has 1 heterocycles. The van der Waals surface area contributed by atoms with Gasteiger partial charge in [-0.05, 0) is 60.7 Å². The van der Waals surface area contributed by atoms with Gasteiger partial charge in [0.05, 0.1) is 18.6 Å². The van der Waals surface area contributed by atoms with E-state index in [9.17, 15) is 9.59 Å². The Kier molecular flexibility index (Phi) is 8.70. The highest BCUT2D eigenvalue weighted by Crippen LogP contribution is 2.24. The Morgan fingerprint density at radius 2 is 1.50 bits per heavy atom. The van der Waals surface area contributed by atoms with E-state index < -0.39 is 0 Å². The summed E-state index contributed by atoms with van der Waals surface area (Å²) in [5.41, 5.74) is 2.25. The second-order valence-electron chi connectivity index (χ2n) is 8.62. The summed E-state index contributed by atoms with van der Waals surface area (Å²) in [6.45, 7) is 0.232. The molecule has 0 radical (unpaired) electrons. The zero-order valence-corrected chi connectivity index (χ0v) is 22.2. The number of amides is 3. The maximum absolute atomic E-state index is 12.7. The van der Waals surface area contributed by atoms with Crippen LogP contribution in [0.1, 0.15) is 16.1 Å². The third-order valence-corrected chi connectivity index (χ3v) is 6.60. The third-order valence-electron chi connectivity index (χ3n) is 5.60. The minimum absolute atomic E-state index is 0.232. The molecule has 5 aromatic rings. The molecule has 40 heavy (non-hydrogen) atoms. The third kappa shape index (κ3) is 7.71. The van der Waals surface area contributed by atoms with Gasteiger partial charge < -0.3 is 20.7 Å². The number of carbonyl (C=O) groups is 2. The molecule has 0 saturated heterocycles. The van der Waals surface area contributed by atoms with Crippen LogP contribution in [0, 0.1) is 0 Å². The number of nitrogens with one attached hydrogen (secondary N) is 3. The number of nitrogens with zero attached hydrogens (tertiary/aromatic N) is 3. The molecule has 0 spiro atoms. The van der Waals surface area contributed by atoms with Gasteiger partial charge in [0.2, 0.25) is 0 Å². The molecule has 0 saturated carbocycles. The molecule has 0 atom stereocenters. The fourth-order valence-electron chi connectivity index (χ4n) is 3.66. The summed E-state index contributed by atoms with van der Waals surface area (Å²) in [5, 5.41) is 16.6. The molecule has 0 aliphatic rings. The number of aromatic nitrogens is 3. The zero-order chi connectivity index (χ0) is 27.6. The molecule has 1 aromatic heterocycles. The number of benzene rings is 4. The summed E-state index contributed by atoms with van der Waals surface area (Å²) in [6, 6.07) is 32.9. The van der Waals surface area contributed by atoms with Gasteiger partial charge in [-0.2, -0.15) is 0 Å². The van der Waals surface area contributed by atoms with Crippen molar-refractivity contribution in [1.82, 2.24) is 20.3 Å². The molecule has 3 amide bonds. The lowest BCUT2D eigenvalue weighted by Gasteiger charge is -2.10. The second kappa shape index (κ2) is 13.1. The number of hydrogen-bond donors (Lipinski definition) is 3. The van der Waals surface area contributed by atoms with Crippen molar-refractivity contribution in [3.8, 4) is 11.5 Å². The molecule has 9 nitrogen and oxygen atoms in total. The van der Waals surface area contributed by atoms with Gasteiger partial charge in [-0.1, -0.05) is 47.7 Å². The van der Waals surface area contributed by atoms with Gasteiger partial charge in [-0.15, -0.1) is 16.9 Å². The van der Waals surface area contributed by atoms with Crippen molar-refractivity contribution in [1.29, 1.82) is 0 Å². The van der Waals surface area contributed by atoms with Gasteiger partial charge in [0.15, 0.2) is 0 Å². The minimum Gasteiger partial charge on any atom is -0.457 e. The van der Waals surface area contributed by atoms with Gasteiger partial charge in [-0.3, -0.25) is 4.79 Å². The summed E-state index contributed by atoms with van der Waals surface area (Å²) in [4.78, 5) is 26.2. The largest absolute Gasteiger partial charge is 0.457 e. The number of thioether (sulfide) groups is 1. The van der Waals surface area contributed by atoms with E-state index in [0.717, 1.165) is 4.90 Å². The number of rotatable bonds is 10. The molecule has 200 valence electrons. The van der Waals surface area contributed by atoms with Crippen molar-refractivity contribution in [2.75, 3.05) is 10.6 Å². The Balaban J connectivity index is 1.08. The fourth-order valence-corrected chi connectivity index (χ4v) is 4.41. The summed E-state index contributed by atoms with van der Waals surface area (Å²) < 4.78 is 7.55. The molecule has 10 heteroatoms. The Morgan fingerprint density at radius 1 is 0.775 bits per heavy atom. The van der Waals surface area contributed by atoms with Crippen LogP contribution in [0.4, 0.5) is 16.2 Å². The van der Waals surface area contributed by atoms with E-state index in [-0.39, 0.29) is 18.5 Å². The molecule has 4 aromatic carbocycles. The lowest BCUT2D eigenvalue weighted by Crippen LogP contribution is -2.28. The van der Waals surface area contributed by atoms with Crippen LogP contribution in [0.25, 0.3) is 0 Å². The van der Waals surface area contributed by atoms with Gasteiger partial charge in [-0.25, -0.2) is 9.48 Å². The van der Waals surface area contributed by atoms with Crippen LogP contribution < -0.4 is 20.7 Å². The first-order chi connectivity index (χ1) is 19.6. The molecule has 0 aliphatic carbocycles. The van der Waals surface area contributed by atoms with E-state index in [1.165, 1.54) is 0 Å². The van der Waals surface area contributed by atoms with E-state index >= 15 is 0 Å². The Hall–Kier alpha value is -5.09. The van der Waals surface area contributed by atoms with E-state index in [0.29, 0.717) is 40.0 Å². The van der Waals surface area contributed by atoms with Gasteiger partial charge in [0, 0.05) is 27.9 Å². The summed E-state index contributed by atoms with van der Waals surface area (Å²) in [6.07, 6.45) is 1.80. The molecular formula is C30H26N6O3S. The number of hydrogen-bond acceptors (Lipinski definition) is 6. The summed E-state index contributed by atoms with van der Waals surface area (Å²) >= 11 is 1.64. The van der Waals surface area contributed by atoms with Crippen molar-refractivity contribution in [3.63, 3.8) is 0 Å². The van der Waals surface area contributed by atoms with Crippen LogP contribution in [0.2, 0.25) is 0 Å². The lowest BCUT2D eigenvalue weighted by atomic mass is 10.2. The second-order valence-corrected chi connectivity index (χ2v) is 9.64. The summed E-state index contributed by atoms with van der Waals surface area (Å²) in [5.74, 6) is 1.67. The van der Waals surface area contributed by atoms with E-state index in [4.69, 9.17) is 4.74 Å². The lowest BCUT2D eigenvalue weighted by molar-refractivity contribution is 0.102. The Labute approximate surface area is 235 Å². The van der Waals surface area contributed by atoms with Crippen LogP contribution in [-0.4, -0.2) is 26.9 Å². The Bertz CT molecular complexity index is 1560. The van der Waals surface area contributed by atoms with E-state index in [1.807, 2.05) is 72.8 Å². The molecule has 0 aliphatic heterocycles. The predicted octanol–water partition coefficient (Wildman–Crippen LogP) is 6.39. The van der Waals surface area contributed by atoms with Crippen LogP contribution in [-0.2, 0) is 12.4 Å². The monoisotopic (exact) mass is 550 g/mol. The van der Waals surface area contributed by atoms with Crippen LogP contribution in [0.15, 0.2) is 120 Å². The minimum atomic E-state index is -0.388. The number of para-hydroxylation sites is 1. The van der Waals surface area contributed by atoms with Crippen molar-refractivity contribution in [3.05, 3.63) is 127 Å². The van der Waals surface area contributed by atoms with Crippen molar-refractivity contribution >= 4 is 35.1 Å². The van der Waals surface area contributed by atoms with E-state index in [1.54, 1.807) is 59.0 Å². The standard InChI is InChI=1S/C30H26N6O3S/c37-29(32-24-8-7-11-27(18-24)39-26-9-3-1-4-10-26)22-14-16-23(17-15-22)33-30(38)31-19-25-20-36(35-34-25)21-40-28-12-5-2-6-13-28/h1-18,20H,19,21H2,(H,32,37)(H2,31,33,38). The molecule has 5 rings (SSSR count). The quantitative estimate of drug-likeness (QED) is 0.174. The highest BCUT2D eigenvalue weighted by atomic mass is 32.2. The van der Waals surface area contributed by atoms with Gasteiger partial charge in [0.25, 0.3) is 5.91 Å². The van der Waals surface area contributed by atoms with E-state index in [2.05, 4.69) is 26.3 Å². The van der Waals surface area contributed by atoms with Gasteiger partial charge in [0.1, 0.15) is 17.2 Å². The average Bonchev–Trinajstić information content (AvgIpc) is 3.44. The number of urea groups is 1. The average molecular weight is 551 g/mol.